The molecular weight excluding hydrogens is 204 g/mol. The minimum absolute atomic E-state index is 0.0542. The third-order valence-electron chi connectivity index (χ3n) is 3.17. The quantitative estimate of drug-likeness (QED) is 0.714. The molecule has 0 aromatic heterocycles. The second kappa shape index (κ2) is 3.33. The molecule has 3 rings (SSSR count). The van der Waals surface area contributed by atoms with Gasteiger partial charge in [-0.15, -0.1) is 0 Å². The average Bonchev–Trinajstić information content (AvgIpc) is 2.30. The van der Waals surface area contributed by atoms with Crippen LogP contribution in [0, 0.1) is 0 Å². The number of anilines is 2. The molecule has 0 radical (unpaired) electrons. The van der Waals surface area contributed by atoms with Crippen LogP contribution in [-0.4, -0.2) is 17.9 Å². The molecule has 1 fully saturated rings. The predicted molar refractivity (Wildman–Crippen MR) is 60.2 cm³/mol. The number of carbonyl (C=O) groups is 2. The van der Waals surface area contributed by atoms with E-state index < -0.39 is 0 Å². The Morgan fingerprint density at radius 1 is 1.25 bits per heavy atom. The van der Waals surface area contributed by atoms with Crippen LogP contribution in [0.1, 0.15) is 19.3 Å². The van der Waals surface area contributed by atoms with Gasteiger partial charge < -0.3 is 5.32 Å². The lowest BCUT2D eigenvalue weighted by molar-refractivity contribution is -0.125. The summed E-state index contributed by atoms with van der Waals surface area (Å²) in [6.45, 7) is 0. The lowest BCUT2D eigenvalue weighted by Gasteiger charge is -2.39. The highest BCUT2D eigenvalue weighted by Crippen LogP contribution is 2.35. The number of amides is 2. The molecular formula is C12H12N2O2. The molecule has 2 heterocycles. The zero-order valence-corrected chi connectivity index (χ0v) is 8.77. The Kier molecular flexibility index (Phi) is 1.96. The van der Waals surface area contributed by atoms with E-state index in [9.17, 15) is 9.59 Å². The lowest BCUT2D eigenvalue weighted by Crippen LogP contribution is -2.53. The van der Waals surface area contributed by atoms with Gasteiger partial charge in [-0.2, -0.15) is 0 Å². The molecule has 2 amide bonds. The average molecular weight is 216 g/mol. The molecule has 2 aliphatic rings. The van der Waals surface area contributed by atoms with E-state index in [1.165, 1.54) is 0 Å². The second-order valence-electron chi connectivity index (χ2n) is 4.18. The number of nitrogens with zero attached hydrogens (tertiary/aromatic N) is 1. The van der Waals surface area contributed by atoms with Gasteiger partial charge in [0.15, 0.2) is 0 Å². The van der Waals surface area contributed by atoms with E-state index in [0.717, 1.165) is 24.2 Å². The number of carbonyl (C=O) groups excluding carboxylic acids is 2. The fourth-order valence-corrected chi connectivity index (χ4v) is 2.43. The number of piperidine rings is 1. The molecule has 0 bridgehead atoms. The van der Waals surface area contributed by atoms with Crippen LogP contribution >= 0.6 is 0 Å². The maximum atomic E-state index is 11.9. The van der Waals surface area contributed by atoms with Crippen LogP contribution in [0.3, 0.4) is 0 Å². The van der Waals surface area contributed by atoms with Crippen LogP contribution in [0.15, 0.2) is 24.3 Å². The zero-order chi connectivity index (χ0) is 11.1. The molecule has 4 heteroatoms. The molecule has 1 aromatic carbocycles. The highest BCUT2D eigenvalue weighted by atomic mass is 16.2. The summed E-state index contributed by atoms with van der Waals surface area (Å²) in [7, 11) is 0. The molecule has 1 N–H and O–H groups in total. The van der Waals surface area contributed by atoms with Gasteiger partial charge in [0, 0.05) is 6.42 Å². The summed E-state index contributed by atoms with van der Waals surface area (Å²) in [5, 5.41) is 2.85. The zero-order valence-electron chi connectivity index (χ0n) is 8.77. The molecule has 0 spiro atoms. The largest absolute Gasteiger partial charge is 0.322 e. The van der Waals surface area contributed by atoms with E-state index in [-0.39, 0.29) is 17.9 Å². The molecule has 82 valence electrons. The Morgan fingerprint density at radius 3 is 2.94 bits per heavy atom. The molecule has 16 heavy (non-hydrogen) atoms. The van der Waals surface area contributed by atoms with Crippen molar-refractivity contribution >= 4 is 23.2 Å². The van der Waals surface area contributed by atoms with Crippen molar-refractivity contribution < 1.29 is 9.59 Å². The van der Waals surface area contributed by atoms with Crippen LogP contribution in [0.25, 0.3) is 0 Å². The van der Waals surface area contributed by atoms with Crippen molar-refractivity contribution in [3.63, 3.8) is 0 Å². The summed E-state index contributed by atoms with van der Waals surface area (Å²) >= 11 is 0. The van der Waals surface area contributed by atoms with Gasteiger partial charge in [-0.1, -0.05) is 12.1 Å². The highest BCUT2D eigenvalue weighted by Gasteiger charge is 2.38. The van der Waals surface area contributed by atoms with Gasteiger partial charge >= 0.3 is 0 Å². The van der Waals surface area contributed by atoms with Crippen molar-refractivity contribution in [2.24, 2.45) is 0 Å². The summed E-state index contributed by atoms with van der Waals surface area (Å²) in [6, 6.07) is 7.13. The van der Waals surface area contributed by atoms with Crippen LogP contribution in [0.5, 0.6) is 0 Å². The highest BCUT2D eigenvalue weighted by molar-refractivity contribution is 6.12. The smallest absolute Gasteiger partial charge is 0.247 e. The van der Waals surface area contributed by atoms with Gasteiger partial charge in [0.05, 0.1) is 11.4 Å². The van der Waals surface area contributed by atoms with E-state index in [0.29, 0.717) is 6.42 Å². The van der Waals surface area contributed by atoms with E-state index in [1.807, 2.05) is 24.3 Å². The van der Waals surface area contributed by atoms with Crippen LogP contribution in [0.4, 0.5) is 11.4 Å². The van der Waals surface area contributed by atoms with Gasteiger partial charge in [0.25, 0.3) is 0 Å². The topological polar surface area (TPSA) is 49.4 Å². The monoisotopic (exact) mass is 216 g/mol. The molecule has 4 nitrogen and oxygen atoms in total. The minimum atomic E-state index is -0.309. The van der Waals surface area contributed by atoms with Crippen molar-refractivity contribution in [3.05, 3.63) is 24.3 Å². The van der Waals surface area contributed by atoms with Gasteiger partial charge in [0.1, 0.15) is 6.04 Å². The first-order valence-electron chi connectivity index (χ1n) is 5.49. The van der Waals surface area contributed by atoms with Crippen molar-refractivity contribution in [2.45, 2.75) is 25.3 Å². The first-order valence-corrected chi connectivity index (χ1v) is 5.49. The summed E-state index contributed by atoms with van der Waals surface area (Å²) in [4.78, 5) is 25.4. The molecule has 1 saturated heterocycles. The normalized spacial score (nSPS) is 23.5. The van der Waals surface area contributed by atoms with Crippen LogP contribution in [-0.2, 0) is 9.59 Å². The van der Waals surface area contributed by atoms with Crippen molar-refractivity contribution in [1.82, 2.24) is 0 Å². The Labute approximate surface area is 93.2 Å². The standard InChI is InChI=1S/C12H12N2O2/c15-11-7-3-6-10-12(16)13-8-4-1-2-5-9(8)14(10)11/h1-2,4-5,10H,3,6-7H2,(H,13,16). The Bertz CT molecular complexity index is 470. The summed E-state index contributed by atoms with van der Waals surface area (Å²) in [6.07, 6.45) is 2.10. The first kappa shape index (κ1) is 9.39. The molecule has 2 aliphatic heterocycles. The summed E-state index contributed by atoms with van der Waals surface area (Å²) in [5.74, 6) is -0.00898. The lowest BCUT2D eigenvalue weighted by atomic mass is 9.97. The fourth-order valence-electron chi connectivity index (χ4n) is 2.43. The Morgan fingerprint density at radius 2 is 2.06 bits per heavy atom. The predicted octanol–water partition coefficient (Wildman–Crippen LogP) is 1.52. The first-order chi connectivity index (χ1) is 7.77. The third-order valence-corrected chi connectivity index (χ3v) is 3.17. The van der Waals surface area contributed by atoms with Gasteiger partial charge in [-0.25, -0.2) is 0 Å². The number of benzene rings is 1. The van der Waals surface area contributed by atoms with E-state index in [1.54, 1.807) is 4.90 Å². The SMILES string of the molecule is O=C1Nc2ccccc2N2C(=O)CCCC12. The number of hydrogen-bond donors (Lipinski definition) is 1. The number of para-hydroxylation sites is 2. The summed E-state index contributed by atoms with van der Waals surface area (Å²) < 4.78 is 0. The Balaban J connectivity index is 2.12. The number of fused-ring (bicyclic) bond motifs is 3. The van der Waals surface area contributed by atoms with Gasteiger partial charge in [-0.05, 0) is 25.0 Å². The van der Waals surface area contributed by atoms with Crippen molar-refractivity contribution in [2.75, 3.05) is 10.2 Å². The number of hydrogen-bond acceptors (Lipinski definition) is 2. The van der Waals surface area contributed by atoms with E-state index >= 15 is 0 Å². The van der Waals surface area contributed by atoms with Gasteiger partial charge in [0.2, 0.25) is 11.8 Å². The summed E-state index contributed by atoms with van der Waals surface area (Å²) in [5.41, 5.74) is 1.57. The Hall–Kier alpha value is -1.84. The van der Waals surface area contributed by atoms with Gasteiger partial charge in [-0.3, -0.25) is 14.5 Å². The number of rotatable bonds is 0. The van der Waals surface area contributed by atoms with E-state index in [2.05, 4.69) is 5.32 Å². The fraction of sp³-hybridized carbons (Fsp3) is 0.333. The molecule has 1 aromatic rings. The molecule has 0 aliphatic carbocycles. The third kappa shape index (κ3) is 1.23. The van der Waals surface area contributed by atoms with Crippen LogP contribution in [0.2, 0.25) is 0 Å². The maximum absolute atomic E-state index is 11.9. The number of nitrogens with one attached hydrogen (secondary N) is 1. The van der Waals surface area contributed by atoms with Crippen molar-refractivity contribution in [1.29, 1.82) is 0 Å². The minimum Gasteiger partial charge on any atom is -0.322 e. The van der Waals surface area contributed by atoms with E-state index in [4.69, 9.17) is 0 Å². The van der Waals surface area contributed by atoms with Crippen molar-refractivity contribution in [3.8, 4) is 0 Å². The molecule has 1 unspecified atom stereocenters. The van der Waals surface area contributed by atoms with Crippen LogP contribution < -0.4 is 10.2 Å². The molecule has 0 saturated carbocycles. The second-order valence-corrected chi connectivity index (χ2v) is 4.18. The molecule has 1 atom stereocenters. The maximum Gasteiger partial charge on any atom is 0.247 e.